The zero-order valence-electron chi connectivity index (χ0n) is 10.2. The molecule has 2 rings (SSSR count). The summed E-state index contributed by atoms with van der Waals surface area (Å²) in [6, 6.07) is 4.92. The van der Waals surface area contributed by atoms with Crippen LogP contribution in [0.3, 0.4) is 0 Å². The number of benzene rings is 1. The summed E-state index contributed by atoms with van der Waals surface area (Å²) in [5.41, 5.74) is 0.433. The molecule has 5 heteroatoms. The minimum absolute atomic E-state index is 0.297. The number of hydrogen-bond acceptors (Lipinski definition) is 2. The molecule has 96 valence electrons. The lowest BCUT2D eigenvalue weighted by atomic mass is 10.3. The van der Waals surface area contributed by atoms with E-state index < -0.39 is 0 Å². The molecule has 0 saturated carbocycles. The second kappa shape index (κ2) is 6.00. The molecular weight excluding hydrogens is 297 g/mol. The van der Waals surface area contributed by atoms with Gasteiger partial charge in [0, 0.05) is 23.4 Å². The fraction of sp³-hybridized carbons (Fsp3) is 0.308. The maximum Gasteiger partial charge on any atom is 0.207 e. The van der Waals surface area contributed by atoms with Crippen molar-refractivity contribution in [1.29, 1.82) is 0 Å². The van der Waals surface area contributed by atoms with E-state index in [2.05, 4.69) is 33.2 Å². The average Bonchev–Trinajstić information content (AvgIpc) is 2.77. The summed E-state index contributed by atoms with van der Waals surface area (Å²) >= 11 is 3.23. The van der Waals surface area contributed by atoms with Crippen molar-refractivity contribution < 1.29 is 4.39 Å². The van der Waals surface area contributed by atoms with E-state index in [9.17, 15) is 4.39 Å². The van der Waals surface area contributed by atoms with Gasteiger partial charge in [-0.1, -0.05) is 29.3 Å². The Labute approximate surface area is 114 Å². The molecule has 1 heterocycles. The molecule has 0 aliphatic heterocycles. The normalized spacial score (nSPS) is 10.6. The lowest BCUT2D eigenvalue weighted by molar-refractivity contribution is 0.625. The van der Waals surface area contributed by atoms with Crippen molar-refractivity contribution in [3.63, 3.8) is 0 Å². The van der Waals surface area contributed by atoms with E-state index in [4.69, 9.17) is 0 Å². The Hall–Kier alpha value is -1.36. The summed E-state index contributed by atoms with van der Waals surface area (Å²) in [4.78, 5) is 4.20. The van der Waals surface area contributed by atoms with Crippen LogP contribution >= 0.6 is 15.9 Å². The van der Waals surface area contributed by atoms with Crippen molar-refractivity contribution in [2.75, 3.05) is 5.32 Å². The predicted octanol–water partition coefficient (Wildman–Crippen LogP) is 4.33. The first kappa shape index (κ1) is 13.1. The number of halogens is 2. The highest BCUT2D eigenvalue weighted by molar-refractivity contribution is 9.10. The van der Waals surface area contributed by atoms with Gasteiger partial charge >= 0.3 is 0 Å². The predicted molar refractivity (Wildman–Crippen MR) is 74.5 cm³/mol. The lowest BCUT2D eigenvalue weighted by Gasteiger charge is -2.10. The van der Waals surface area contributed by atoms with Crippen LogP contribution in [0, 0.1) is 5.82 Å². The molecule has 0 bridgehead atoms. The average molecular weight is 312 g/mol. The Morgan fingerprint density at radius 2 is 2.28 bits per heavy atom. The Morgan fingerprint density at radius 3 is 3.00 bits per heavy atom. The summed E-state index contributed by atoms with van der Waals surface area (Å²) < 4.78 is 16.4. The molecule has 2 aromatic rings. The summed E-state index contributed by atoms with van der Waals surface area (Å²) in [5, 5.41) is 3.01. The molecule has 18 heavy (non-hydrogen) atoms. The third-order valence-corrected chi connectivity index (χ3v) is 3.14. The first-order chi connectivity index (χ1) is 8.70. The smallest absolute Gasteiger partial charge is 0.207 e. The molecule has 1 aromatic heterocycles. The first-order valence-corrected chi connectivity index (χ1v) is 6.73. The van der Waals surface area contributed by atoms with E-state index in [0.29, 0.717) is 11.6 Å². The Kier molecular flexibility index (Phi) is 4.36. The van der Waals surface area contributed by atoms with Crippen LogP contribution in [0.4, 0.5) is 16.0 Å². The molecule has 0 radical (unpaired) electrons. The topological polar surface area (TPSA) is 29.9 Å². The van der Waals surface area contributed by atoms with Gasteiger partial charge in [-0.25, -0.2) is 9.37 Å². The Balaban J connectivity index is 2.15. The van der Waals surface area contributed by atoms with Gasteiger partial charge in [0.1, 0.15) is 5.82 Å². The molecule has 0 aliphatic rings. The number of nitrogens with one attached hydrogen (secondary N) is 1. The van der Waals surface area contributed by atoms with Crippen molar-refractivity contribution in [1.82, 2.24) is 9.55 Å². The van der Waals surface area contributed by atoms with Crippen LogP contribution in [0.2, 0.25) is 0 Å². The molecule has 0 unspecified atom stereocenters. The zero-order chi connectivity index (χ0) is 13.0. The minimum atomic E-state index is -0.297. The van der Waals surface area contributed by atoms with Crippen LogP contribution in [-0.4, -0.2) is 9.55 Å². The quantitative estimate of drug-likeness (QED) is 0.890. The molecular formula is C13H15BrFN3. The van der Waals surface area contributed by atoms with Crippen molar-refractivity contribution in [2.45, 2.75) is 26.3 Å². The molecule has 0 amide bonds. The molecule has 1 N–H and O–H groups in total. The number of unbranched alkanes of at least 4 members (excludes halogenated alkanes) is 1. The van der Waals surface area contributed by atoms with Gasteiger partial charge in [0.25, 0.3) is 0 Å². The molecule has 0 atom stereocenters. The summed E-state index contributed by atoms with van der Waals surface area (Å²) in [7, 11) is 0. The third kappa shape index (κ3) is 3.10. The van der Waals surface area contributed by atoms with Crippen LogP contribution < -0.4 is 5.32 Å². The maximum atomic E-state index is 13.7. The van der Waals surface area contributed by atoms with Crippen LogP contribution in [-0.2, 0) is 6.54 Å². The van der Waals surface area contributed by atoms with Crippen LogP contribution in [0.15, 0.2) is 35.1 Å². The van der Waals surface area contributed by atoms with E-state index >= 15 is 0 Å². The fourth-order valence-electron chi connectivity index (χ4n) is 1.65. The van der Waals surface area contributed by atoms with Gasteiger partial charge in [0.2, 0.25) is 5.95 Å². The zero-order valence-corrected chi connectivity index (χ0v) is 11.7. The third-order valence-electron chi connectivity index (χ3n) is 2.65. The SMILES string of the molecule is CCCCn1ccnc1Nc1ccc(Br)cc1F. The number of aromatic nitrogens is 2. The highest BCUT2D eigenvalue weighted by Gasteiger charge is 2.07. The first-order valence-electron chi connectivity index (χ1n) is 5.94. The van der Waals surface area contributed by atoms with E-state index in [1.54, 1.807) is 18.3 Å². The Morgan fingerprint density at radius 1 is 1.44 bits per heavy atom. The van der Waals surface area contributed by atoms with Gasteiger partial charge in [-0.3, -0.25) is 0 Å². The largest absolute Gasteiger partial charge is 0.323 e. The van der Waals surface area contributed by atoms with Crippen molar-refractivity contribution in [2.24, 2.45) is 0 Å². The summed E-state index contributed by atoms with van der Waals surface area (Å²) in [6.45, 7) is 3.02. The van der Waals surface area contributed by atoms with Gasteiger partial charge in [0.05, 0.1) is 5.69 Å². The van der Waals surface area contributed by atoms with Crippen molar-refractivity contribution in [3.05, 3.63) is 40.9 Å². The highest BCUT2D eigenvalue weighted by Crippen LogP contribution is 2.22. The number of rotatable bonds is 5. The summed E-state index contributed by atoms with van der Waals surface area (Å²) in [6.07, 6.45) is 5.81. The highest BCUT2D eigenvalue weighted by atomic mass is 79.9. The number of nitrogens with zero attached hydrogens (tertiary/aromatic N) is 2. The van der Waals surface area contributed by atoms with E-state index in [-0.39, 0.29) is 5.82 Å². The summed E-state index contributed by atoms with van der Waals surface area (Å²) in [5.74, 6) is 0.374. The molecule has 1 aromatic carbocycles. The molecule has 0 fully saturated rings. The molecule has 3 nitrogen and oxygen atoms in total. The van der Waals surface area contributed by atoms with Gasteiger partial charge < -0.3 is 9.88 Å². The van der Waals surface area contributed by atoms with Crippen LogP contribution in [0.5, 0.6) is 0 Å². The number of hydrogen-bond donors (Lipinski definition) is 1. The van der Waals surface area contributed by atoms with E-state index in [0.717, 1.165) is 23.9 Å². The van der Waals surface area contributed by atoms with Gasteiger partial charge in [-0.2, -0.15) is 0 Å². The van der Waals surface area contributed by atoms with E-state index in [1.807, 2.05) is 10.8 Å². The number of imidazole rings is 1. The lowest BCUT2D eigenvalue weighted by Crippen LogP contribution is -2.04. The molecule has 0 saturated heterocycles. The number of anilines is 2. The number of aryl methyl sites for hydroxylation is 1. The van der Waals surface area contributed by atoms with Crippen molar-refractivity contribution >= 4 is 27.6 Å². The fourth-order valence-corrected chi connectivity index (χ4v) is 1.99. The molecule has 0 aliphatic carbocycles. The van der Waals surface area contributed by atoms with Gasteiger partial charge in [-0.05, 0) is 24.6 Å². The monoisotopic (exact) mass is 311 g/mol. The maximum absolute atomic E-state index is 13.7. The second-order valence-corrected chi connectivity index (χ2v) is 4.96. The Bertz CT molecular complexity index is 525. The van der Waals surface area contributed by atoms with Crippen LogP contribution in [0.1, 0.15) is 19.8 Å². The van der Waals surface area contributed by atoms with Crippen LogP contribution in [0.25, 0.3) is 0 Å². The minimum Gasteiger partial charge on any atom is -0.323 e. The second-order valence-electron chi connectivity index (χ2n) is 4.05. The van der Waals surface area contributed by atoms with E-state index in [1.165, 1.54) is 6.07 Å². The van der Waals surface area contributed by atoms with Crippen molar-refractivity contribution in [3.8, 4) is 0 Å². The van der Waals surface area contributed by atoms with Gasteiger partial charge in [-0.15, -0.1) is 0 Å². The standard InChI is InChI=1S/C13H15BrFN3/c1-2-3-7-18-8-6-16-13(18)17-12-5-4-10(14)9-11(12)15/h4-6,8-9H,2-3,7H2,1H3,(H,16,17). The van der Waals surface area contributed by atoms with Gasteiger partial charge in [0.15, 0.2) is 0 Å². The molecule has 0 spiro atoms.